The van der Waals surface area contributed by atoms with Gasteiger partial charge in [0.25, 0.3) is 0 Å². The molecule has 13 heavy (non-hydrogen) atoms. The molecular formula is C8H16FN3O. The lowest BCUT2D eigenvalue weighted by Crippen LogP contribution is -2.48. The highest BCUT2D eigenvalue weighted by molar-refractivity contribution is 5.74. The molecule has 5 heteroatoms. The molecule has 1 aliphatic rings. The van der Waals surface area contributed by atoms with Crippen LogP contribution < -0.4 is 5.73 Å². The smallest absolute Gasteiger partial charge is 0.188 e. The van der Waals surface area contributed by atoms with E-state index in [0.717, 1.165) is 0 Å². The molecule has 0 aromatic rings. The third-order valence-corrected chi connectivity index (χ3v) is 2.51. The molecule has 4 N–H and O–H groups in total. The molecule has 1 heterocycles. The Hall–Kier alpha value is -0.840. The molecule has 0 amide bonds. The lowest BCUT2D eigenvalue weighted by Gasteiger charge is -2.36. The number of rotatable bonds is 2. The molecule has 0 aromatic heterocycles. The fourth-order valence-corrected chi connectivity index (χ4v) is 1.66. The number of aliphatic hydroxyl groups is 1. The van der Waals surface area contributed by atoms with Gasteiger partial charge < -0.3 is 15.7 Å². The highest BCUT2D eigenvalue weighted by Crippen LogP contribution is 2.19. The van der Waals surface area contributed by atoms with Crippen LogP contribution in [0, 0.1) is 11.3 Å². The van der Waals surface area contributed by atoms with Crippen molar-refractivity contribution in [3.63, 3.8) is 0 Å². The second kappa shape index (κ2) is 4.41. The van der Waals surface area contributed by atoms with Gasteiger partial charge in [0, 0.05) is 19.0 Å². The summed E-state index contributed by atoms with van der Waals surface area (Å²) in [5.74, 6) is -0.0709. The van der Waals surface area contributed by atoms with Crippen LogP contribution in [-0.4, -0.2) is 41.8 Å². The van der Waals surface area contributed by atoms with Gasteiger partial charge in [0.2, 0.25) is 0 Å². The molecule has 0 saturated carbocycles. The zero-order chi connectivity index (χ0) is 9.84. The Kier molecular flexibility index (Phi) is 3.48. The van der Waals surface area contributed by atoms with Crippen molar-refractivity contribution in [1.82, 2.24) is 4.90 Å². The molecule has 0 bridgehead atoms. The predicted molar refractivity (Wildman–Crippen MR) is 48.2 cm³/mol. The van der Waals surface area contributed by atoms with Gasteiger partial charge in [0.1, 0.15) is 0 Å². The maximum atomic E-state index is 12.1. The lowest BCUT2D eigenvalue weighted by atomic mass is 9.92. The van der Waals surface area contributed by atoms with E-state index in [9.17, 15) is 9.50 Å². The third kappa shape index (κ3) is 2.55. The van der Waals surface area contributed by atoms with Crippen LogP contribution in [0.5, 0.6) is 0 Å². The minimum Gasteiger partial charge on any atom is -0.393 e. The molecule has 0 spiro atoms. The molecule has 1 fully saturated rings. The van der Waals surface area contributed by atoms with Crippen molar-refractivity contribution in [2.75, 3.05) is 19.8 Å². The van der Waals surface area contributed by atoms with Gasteiger partial charge in [-0.05, 0) is 12.8 Å². The largest absolute Gasteiger partial charge is 0.393 e. The lowest BCUT2D eigenvalue weighted by molar-refractivity contribution is 0.0419. The van der Waals surface area contributed by atoms with Crippen molar-refractivity contribution in [2.45, 2.75) is 18.9 Å². The van der Waals surface area contributed by atoms with Crippen LogP contribution in [-0.2, 0) is 0 Å². The maximum Gasteiger partial charge on any atom is 0.188 e. The average molecular weight is 189 g/mol. The van der Waals surface area contributed by atoms with Crippen LogP contribution in [0.4, 0.5) is 4.39 Å². The van der Waals surface area contributed by atoms with Gasteiger partial charge in [-0.3, -0.25) is 9.80 Å². The number of hydrogen-bond acceptors (Lipinski definition) is 2. The summed E-state index contributed by atoms with van der Waals surface area (Å²) in [6.07, 6.45) is 0.487. The van der Waals surface area contributed by atoms with Crippen LogP contribution in [0.15, 0.2) is 0 Å². The van der Waals surface area contributed by atoms with Gasteiger partial charge in [0.15, 0.2) is 5.96 Å². The van der Waals surface area contributed by atoms with E-state index in [2.05, 4.69) is 0 Å². The summed E-state index contributed by atoms with van der Waals surface area (Å²) in [7, 11) is 0. The van der Waals surface area contributed by atoms with Gasteiger partial charge >= 0.3 is 0 Å². The monoisotopic (exact) mass is 189 g/mol. The first-order chi connectivity index (χ1) is 6.15. The van der Waals surface area contributed by atoms with Crippen molar-refractivity contribution in [2.24, 2.45) is 11.7 Å². The van der Waals surface area contributed by atoms with E-state index in [4.69, 9.17) is 11.1 Å². The number of halogens is 1. The molecule has 0 aliphatic carbocycles. The van der Waals surface area contributed by atoms with Gasteiger partial charge in [-0.1, -0.05) is 0 Å². The number of nitrogens with zero attached hydrogens (tertiary/aromatic N) is 1. The molecule has 2 atom stereocenters. The van der Waals surface area contributed by atoms with Gasteiger partial charge in [-0.25, -0.2) is 0 Å². The molecule has 1 saturated heterocycles. The summed E-state index contributed by atoms with van der Waals surface area (Å²) in [6.45, 7) is 0.674. The maximum absolute atomic E-state index is 12.1. The Morgan fingerprint density at radius 1 is 1.69 bits per heavy atom. The van der Waals surface area contributed by atoms with E-state index >= 15 is 0 Å². The van der Waals surface area contributed by atoms with Gasteiger partial charge in [-0.15, -0.1) is 0 Å². The number of alkyl halides is 1. The van der Waals surface area contributed by atoms with Crippen molar-refractivity contribution >= 4 is 5.96 Å². The number of nitrogens with one attached hydrogen (secondary N) is 1. The highest BCUT2D eigenvalue weighted by Gasteiger charge is 2.27. The first-order valence-corrected chi connectivity index (χ1v) is 4.48. The molecule has 1 rings (SSSR count). The van der Waals surface area contributed by atoms with E-state index in [1.807, 2.05) is 0 Å². The zero-order valence-corrected chi connectivity index (χ0v) is 7.54. The van der Waals surface area contributed by atoms with Crippen LogP contribution in [0.2, 0.25) is 0 Å². The SMILES string of the molecule is N=C(N)N1CC[C@@H](O)[C@@H](CCF)C1. The van der Waals surface area contributed by atoms with E-state index < -0.39 is 12.8 Å². The number of guanidine groups is 1. The predicted octanol–water partition coefficient (Wildman–Crippen LogP) is -0.0777. The summed E-state index contributed by atoms with van der Waals surface area (Å²) < 4.78 is 12.1. The second-order valence-electron chi connectivity index (χ2n) is 3.43. The van der Waals surface area contributed by atoms with Crippen molar-refractivity contribution in [1.29, 1.82) is 5.41 Å². The Morgan fingerprint density at radius 3 is 2.92 bits per heavy atom. The Labute approximate surface area is 77.0 Å². The minimum absolute atomic E-state index is 0.00996. The van der Waals surface area contributed by atoms with Crippen molar-refractivity contribution < 1.29 is 9.50 Å². The average Bonchev–Trinajstić information content (AvgIpc) is 2.08. The van der Waals surface area contributed by atoms with E-state index in [0.29, 0.717) is 25.9 Å². The number of nitrogens with two attached hydrogens (primary N) is 1. The topological polar surface area (TPSA) is 73.3 Å². The Bertz CT molecular complexity index is 188. The summed E-state index contributed by atoms with van der Waals surface area (Å²) in [4.78, 5) is 1.67. The van der Waals surface area contributed by atoms with E-state index in [1.165, 1.54) is 0 Å². The molecule has 1 aliphatic heterocycles. The van der Waals surface area contributed by atoms with Crippen LogP contribution in [0.25, 0.3) is 0 Å². The quantitative estimate of drug-likeness (QED) is 0.420. The number of aliphatic hydroxyl groups excluding tert-OH is 1. The van der Waals surface area contributed by atoms with Gasteiger partial charge in [-0.2, -0.15) is 0 Å². The van der Waals surface area contributed by atoms with Gasteiger partial charge in [0.05, 0.1) is 12.8 Å². The second-order valence-corrected chi connectivity index (χ2v) is 3.43. The molecular weight excluding hydrogens is 173 g/mol. The fraction of sp³-hybridized carbons (Fsp3) is 0.875. The molecule has 0 aromatic carbocycles. The minimum atomic E-state index is -0.439. The van der Waals surface area contributed by atoms with E-state index in [1.54, 1.807) is 4.90 Å². The van der Waals surface area contributed by atoms with Crippen molar-refractivity contribution in [3.8, 4) is 0 Å². The van der Waals surface area contributed by atoms with Crippen molar-refractivity contribution in [3.05, 3.63) is 0 Å². The Morgan fingerprint density at radius 2 is 2.38 bits per heavy atom. The number of likely N-dealkylation sites (tertiary alicyclic amines) is 1. The summed E-state index contributed by atoms with van der Waals surface area (Å²) in [5, 5.41) is 16.7. The summed E-state index contributed by atoms with van der Waals surface area (Å²) >= 11 is 0. The normalized spacial score (nSPS) is 28.9. The number of piperidine rings is 1. The summed E-state index contributed by atoms with van der Waals surface area (Å²) in [5.41, 5.74) is 5.30. The highest BCUT2D eigenvalue weighted by atomic mass is 19.1. The van der Waals surface area contributed by atoms with Crippen LogP contribution >= 0.6 is 0 Å². The summed E-state index contributed by atoms with van der Waals surface area (Å²) in [6, 6.07) is 0. The first-order valence-electron chi connectivity index (χ1n) is 4.48. The molecule has 4 nitrogen and oxygen atoms in total. The molecule has 76 valence electrons. The van der Waals surface area contributed by atoms with E-state index in [-0.39, 0.29) is 11.9 Å². The fourth-order valence-electron chi connectivity index (χ4n) is 1.66. The Balaban J connectivity index is 2.47. The first kappa shape index (κ1) is 10.2. The number of hydrogen-bond donors (Lipinski definition) is 3. The van der Waals surface area contributed by atoms with Crippen LogP contribution in [0.1, 0.15) is 12.8 Å². The molecule has 0 unspecified atom stereocenters. The van der Waals surface area contributed by atoms with Crippen LogP contribution in [0.3, 0.4) is 0 Å². The standard InChI is InChI=1S/C8H16FN3O/c9-3-1-6-5-12(8(10)11)4-2-7(6)13/h6-7,13H,1-5H2,(H3,10,11)/t6-,7+/m0/s1. The molecule has 0 radical (unpaired) electrons. The third-order valence-electron chi connectivity index (χ3n) is 2.51. The zero-order valence-electron chi connectivity index (χ0n) is 7.54.